The lowest BCUT2D eigenvalue weighted by Gasteiger charge is -2.32. The van der Waals surface area contributed by atoms with E-state index in [0.717, 1.165) is 49.4 Å². The molecule has 1 heterocycles. The summed E-state index contributed by atoms with van der Waals surface area (Å²) in [5.74, 6) is 0.690. The summed E-state index contributed by atoms with van der Waals surface area (Å²) in [4.78, 5) is 14.9. The Morgan fingerprint density at radius 1 is 1.21 bits per heavy atom. The van der Waals surface area contributed by atoms with Crippen LogP contribution in [0.2, 0.25) is 0 Å². The van der Waals surface area contributed by atoms with Crippen molar-refractivity contribution in [2.24, 2.45) is 5.92 Å². The van der Waals surface area contributed by atoms with Crippen molar-refractivity contribution in [2.45, 2.75) is 45.9 Å². The van der Waals surface area contributed by atoms with Gasteiger partial charge in [-0.3, -0.25) is 9.69 Å². The van der Waals surface area contributed by atoms with E-state index in [-0.39, 0.29) is 23.7 Å². The average Bonchev–Trinajstić information content (AvgIpc) is 2.68. The van der Waals surface area contributed by atoms with Crippen LogP contribution < -0.4 is 10.1 Å². The van der Waals surface area contributed by atoms with Gasteiger partial charge in [-0.1, -0.05) is 24.3 Å². The van der Waals surface area contributed by atoms with Crippen LogP contribution in [0, 0.1) is 11.7 Å². The minimum absolute atomic E-state index is 0.00991. The van der Waals surface area contributed by atoms with Crippen LogP contribution in [0.25, 0.3) is 0 Å². The molecule has 0 radical (unpaired) electrons. The standard InChI is InChI=1S/C23H29FN2O2/c1-17(2)28-22-7-3-5-19(13-22)14-25-23(27)20-6-4-12-26(16-20)15-18-8-10-21(24)11-9-18/h3,5,7-11,13,17,20H,4,6,12,14-16H2,1-2H3,(H,25,27). The van der Waals surface area contributed by atoms with Crippen LogP contribution in [0.4, 0.5) is 4.39 Å². The highest BCUT2D eigenvalue weighted by atomic mass is 19.1. The van der Waals surface area contributed by atoms with Gasteiger partial charge < -0.3 is 10.1 Å². The van der Waals surface area contributed by atoms with Gasteiger partial charge in [0.25, 0.3) is 0 Å². The van der Waals surface area contributed by atoms with Gasteiger partial charge in [0.1, 0.15) is 11.6 Å². The monoisotopic (exact) mass is 384 g/mol. The summed E-state index contributed by atoms with van der Waals surface area (Å²) >= 11 is 0. The molecule has 3 rings (SSSR count). The smallest absolute Gasteiger partial charge is 0.224 e. The molecule has 1 unspecified atom stereocenters. The van der Waals surface area contributed by atoms with E-state index in [1.54, 1.807) is 0 Å². The second-order valence-corrected chi connectivity index (χ2v) is 7.73. The number of hydrogen-bond donors (Lipinski definition) is 1. The van der Waals surface area contributed by atoms with Crippen LogP contribution in [0.15, 0.2) is 48.5 Å². The summed E-state index contributed by atoms with van der Waals surface area (Å²) in [5, 5.41) is 3.07. The van der Waals surface area contributed by atoms with Crippen molar-refractivity contribution in [1.82, 2.24) is 10.2 Å². The number of ether oxygens (including phenoxy) is 1. The lowest BCUT2D eigenvalue weighted by Crippen LogP contribution is -2.42. The number of piperidine rings is 1. The lowest BCUT2D eigenvalue weighted by atomic mass is 9.96. The molecule has 1 saturated heterocycles. The molecule has 1 amide bonds. The predicted octanol–water partition coefficient (Wildman–Crippen LogP) is 4.14. The molecule has 5 heteroatoms. The molecule has 0 bridgehead atoms. The molecule has 0 saturated carbocycles. The van der Waals surface area contributed by atoms with Crippen LogP contribution >= 0.6 is 0 Å². The fraction of sp³-hybridized carbons (Fsp3) is 0.435. The number of amides is 1. The van der Waals surface area contributed by atoms with Gasteiger partial charge in [0.05, 0.1) is 12.0 Å². The molecule has 4 nitrogen and oxygen atoms in total. The third kappa shape index (κ3) is 6.06. The first-order valence-corrected chi connectivity index (χ1v) is 9.99. The fourth-order valence-corrected chi connectivity index (χ4v) is 3.60. The molecule has 1 N–H and O–H groups in total. The Labute approximate surface area is 166 Å². The number of nitrogens with zero attached hydrogens (tertiary/aromatic N) is 1. The Kier molecular flexibility index (Phi) is 7.04. The van der Waals surface area contributed by atoms with Gasteiger partial charge in [0.15, 0.2) is 0 Å². The summed E-state index contributed by atoms with van der Waals surface area (Å²) in [6.07, 6.45) is 2.03. The Balaban J connectivity index is 1.50. The number of halogens is 1. The third-order valence-corrected chi connectivity index (χ3v) is 4.93. The average molecular weight is 384 g/mol. The van der Waals surface area contributed by atoms with Crippen molar-refractivity contribution < 1.29 is 13.9 Å². The molecule has 1 fully saturated rings. The van der Waals surface area contributed by atoms with Crippen molar-refractivity contribution in [2.75, 3.05) is 13.1 Å². The van der Waals surface area contributed by atoms with Crippen LogP contribution in [0.1, 0.15) is 37.8 Å². The van der Waals surface area contributed by atoms with Gasteiger partial charge in [-0.15, -0.1) is 0 Å². The van der Waals surface area contributed by atoms with E-state index >= 15 is 0 Å². The molecular formula is C23H29FN2O2. The fourth-order valence-electron chi connectivity index (χ4n) is 3.60. The van der Waals surface area contributed by atoms with Crippen LogP contribution in [0.3, 0.4) is 0 Å². The van der Waals surface area contributed by atoms with E-state index in [0.29, 0.717) is 6.54 Å². The van der Waals surface area contributed by atoms with E-state index in [4.69, 9.17) is 4.74 Å². The molecule has 0 spiro atoms. The first kappa shape index (κ1) is 20.3. The first-order chi connectivity index (χ1) is 13.5. The zero-order chi connectivity index (χ0) is 19.9. The summed E-state index contributed by atoms with van der Waals surface area (Å²) in [6, 6.07) is 14.4. The summed E-state index contributed by atoms with van der Waals surface area (Å²) in [6.45, 7) is 6.95. The van der Waals surface area contributed by atoms with Crippen molar-refractivity contribution in [3.63, 3.8) is 0 Å². The molecule has 1 aliphatic rings. The number of carbonyl (C=O) groups excluding carboxylic acids is 1. The predicted molar refractivity (Wildman–Crippen MR) is 108 cm³/mol. The Morgan fingerprint density at radius 3 is 2.75 bits per heavy atom. The normalized spacial score (nSPS) is 17.5. The van der Waals surface area contributed by atoms with Crippen molar-refractivity contribution in [1.29, 1.82) is 0 Å². The largest absolute Gasteiger partial charge is 0.491 e. The Morgan fingerprint density at radius 2 is 2.00 bits per heavy atom. The zero-order valence-electron chi connectivity index (χ0n) is 16.7. The van der Waals surface area contributed by atoms with Crippen LogP contribution in [0.5, 0.6) is 5.75 Å². The highest BCUT2D eigenvalue weighted by Gasteiger charge is 2.25. The Hall–Kier alpha value is -2.40. The van der Waals surface area contributed by atoms with Crippen molar-refractivity contribution in [3.8, 4) is 5.75 Å². The molecule has 2 aromatic carbocycles. The number of likely N-dealkylation sites (tertiary alicyclic amines) is 1. The second-order valence-electron chi connectivity index (χ2n) is 7.73. The van der Waals surface area contributed by atoms with Gasteiger partial charge in [-0.05, 0) is 68.6 Å². The van der Waals surface area contributed by atoms with Crippen LogP contribution in [-0.4, -0.2) is 30.0 Å². The van der Waals surface area contributed by atoms with E-state index < -0.39 is 0 Å². The number of rotatable bonds is 7. The summed E-state index contributed by atoms with van der Waals surface area (Å²) < 4.78 is 18.8. The molecule has 2 aromatic rings. The Bertz CT molecular complexity index is 776. The maximum absolute atomic E-state index is 13.1. The van der Waals surface area contributed by atoms with Gasteiger partial charge in [0.2, 0.25) is 5.91 Å². The lowest BCUT2D eigenvalue weighted by molar-refractivity contribution is -0.126. The first-order valence-electron chi connectivity index (χ1n) is 9.99. The molecule has 1 atom stereocenters. The molecule has 0 aromatic heterocycles. The van der Waals surface area contributed by atoms with Gasteiger partial charge in [-0.2, -0.15) is 0 Å². The molecule has 0 aliphatic carbocycles. The maximum atomic E-state index is 13.1. The van der Waals surface area contributed by atoms with Crippen molar-refractivity contribution >= 4 is 5.91 Å². The second kappa shape index (κ2) is 9.69. The quantitative estimate of drug-likeness (QED) is 0.780. The number of carbonyl (C=O) groups is 1. The van der Waals surface area contributed by atoms with Crippen LogP contribution in [-0.2, 0) is 17.9 Å². The molecule has 28 heavy (non-hydrogen) atoms. The molecular weight excluding hydrogens is 355 g/mol. The molecule has 1 aliphatic heterocycles. The third-order valence-electron chi connectivity index (χ3n) is 4.93. The number of benzene rings is 2. The van der Waals surface area contributed by atoms with E-state index in [1.807, 2.05) is 50.2 Å². The van der Waals surface area contributed by atoms with Crippen molar-refractivity contribution in [3.05, 3.63) is 65.5 Å². The van der Waals surface area contributed by atoms with Gasteiger partial charge >= 0.3 is 0 Å². The SMILES string of the molecule is CC(C)Oc1cccc(CNC(=O)C2CCCN(Cc3ccc(F)cc3)C2)c1. The van der Waals surface area contributed by atoms with Gasteiger partial charge in [0, 0.05) is 19.6 Å². The highest BCUT2D eigenvalue weighted by Crippen LogP contribution is 2.20. The highest BCUT2D eigenvalue weighted by molar-refractivity contribution is 5.79. The number of nitrogens with one attached hydrogen (secondary N) is 1. The van der Waals surface area contributed by atoms with E-state index in [9.17, 15) is 9.18 Å². The topological polar surface area (TPSA) is 41.6 Å². The summed E-state index contributed by atoms with van der Waals surface area (Å²) in [5.41, 5.74) is 2.11. The summed E-state index contributed by atoms with van der Waals surface area (Å²) in [7, 11) is 0. The van der Waals surface area contributed by atoms with E-state index in [2.05, 4.69) is 10.2 Å². The zero-order valence-corrected chi connectivity index (χ0v) is 16.7. The minimum Gasteiger partial charge on any atom is -0.491 e. The molecule has 150 valence electrons. The maximum Gasteiger partial charge on any atom is 0.224 e. The van der Waals surface area contributed by atoms with Gasteiger partial charge in [-0.25, -0.2) is 4.39 Å². The van der Waals surface area contributed by atoms with E-state index in [1.165, 1.54) is 12.1 Å². The number of hydrogen-bond acceptors (Lipinski definition) is 3. The minimum atomic E-state index is -0.220.